The van der Waals surface area contributed by atoms with Crippen molar-refractivity contribution in [3.05, 3.63) is 36.2 Å². The Morgan fingerprint density at radius 2 is 2.05 bits per heavy atom. The highest BCUT2D eigenvalue weighted by molar-refractivity contribution is 5.67. The van der Waals surface area contributed by atoms with Crippen LogP contribution in [0.4, 0.5) is 0 Å². The van der Waals surface area contributed by atoms with E-state index in [0.29, 0.717) is 6.54 Å². The molecule has 0 saturated carbocycles. The number of hydrogen-bond donors (Lipinski definition) is 1. The van der Waals surface area contributed by atoms with Gasteiger partial charge in [-0.25, -0.2) is 0 Å². The molecule has 0 unspecified atom stereocenters. The van der Waals surface area contributed by atoms with E-state index in [1.54, 1.807) is 18.0 Å². The van der Waals surface area contributed by atoms with E-state index < -0.39 is 5.97 Å². The Balaban J connectivity index is 2.22. The molecule has 0 atom stereocenters. The van der Waals surface area contributed by atoms with Crippen molar-refractivity contribution in [2.24, 2.45) is 0 Å². The second kappa shape index (κ2) is 5.56. The van der Waals surface area contributed by atoms with Gasteiger partial charge in [-0.15, -0.1) is 0 Å². The molecular formula is C14H16N2O3. The molecule has 0 aliphatic heterocycles. The number of hydrogen-bond acceptors (Lipinski definition) is 3. The number of ether oxygens (including phenoxy) is 1. The minimum absolute atomic E-state index is 0.0740. The summed E-state index contributed by atoms with van der Waals surface area (Å²) in [4.78, 5) is 10.6. The molecule has 0 spiro atoms. The Kier molecular flexibility index (Phi) is 3.85. The predicted octanol–water partition coefficient (Wildman–Crippen LogP) is 2.34. The fraction of sp³-hybridized carbons (Fsp3) is 0.286. The quantitative estimate of drug-likeness (QED) is 0.896. The lowest BCUT2D eigenvalue weighted by Gasteiger charge is -2.05. The van der Waals surface area contributed by atoms with Crippen LogP contribution in [0.2, 0.25) is 0 Å². The van der Waals surface area contributed by atoms with Crippen LogP contribution < -0.4 is 4.74 Å². The normalized spacial score (nSPS) is 10.4. The van der Waals surface area contributed by atoms with Gasteiger partial charge >= 0.3 is 5.97 Å². The van der Waals surface area contributed by atoms with Crippen LogP contribution >= 0.6 is 0 Å². The Hall–Kier alpha value is -2.30. The number of nitrogens with zero attached hydrogens (tertiary/aromatic N) is 2. The first-order chi connectivity index (χ1) is 9.11. The zero-order valence-electron chi connectivity index (χ0n) is 11.0. The average molecular weight is 260 g/mol. The molecule has 100 valence electrons. The third kappa shape index (κ3) is 2.93. The van der Waals surface area contributed by atoms with E-state index in [0.717, 1.165) is 22.6 Å². The third-order valence-corrected chi connectivity index (χ3v) is 3.04. The number of benzene rings is 1. The van der Waals surface area contributed by atoms with Gasteiger partial charge in [-0.05, 0) is 24.6 Å². The van der Waals surface area contributed by atoms with Crippen molar-refractivity contribution in [1.82, 2.24) is 9.78 Å². The van der Waals surface area contributed by atoms with Gasteiger partial charge in [0.25, 0.3) is 0 Å². The van der Waals surface area contributed by atoms with E-state index in [2.05, 4.69) is 5.10 Å². The summed E-state index contributed by atoms with van der Waals surface area (Å²) in [7, 11) is 1.63. The molecule has 0 fully saturated rings. The topological polar surface area (TPSA) is 64.4 Å². The van der Waals surface area contributed by atoms with Crippen molar-refractivity contribution in [2.45, 2.75) is 19.9 Å². The van der Waals surface area contributed by atoms with Gasteiger partial charge in [0.15, 0.2) is 0 Å². The molecule has 0 bridgehead atoms. The number of rotatable bonds is 5. The van der Waals surface area contributed by atoms with E-state index in [-0.39, 0.29) is 6.42 Å². The first-order valence-corrected chi connectivity index (χ1v) is 6.00. The van der Waals surface area contributed by atoms with Crippen LogP contribution in [0.3, 0.4) is 0 Å². The molecule has 1 aromatic carbocycles. The number of carboxylic acid groups (broad SMARTS) is 1. The van der Waals surface area contributed by atoms with Crippen molar-refractivity contribution in [3.8, 4) is 16.9 Å². The molecule has 1 aromatic heterocycles. The molecule has 19 heavy (non-hydrogen) atoms. The van der Waals surface area contributed by atoms with Crippen molar-refractivity contribution in [2.75, 3.05) is 7.11 Å². The van der Waals surface area contributed by atoms with Crippen LogP contribution in [0.15, 0.2) is 30.5 Å². The molecule has 1 heterocycles. The largest absolute Gasteiger partial charge is 0.497 e. The number of aryl methyl sites for hydroxylation is 1. The van der Waals surface area contributed by atoms with Gasteiger partial charge in [-0.2, -0.15) is 5.10 Å². The highest BCUT2D eigenvalue weighted by Gasteiger charge is 2.09. The van der Waals surface area contributed by atoms with Crippen molar-refractivity contribution >= 4 is 5.97 Å². The van der Waals surface area contributed by atoms with Gasteiger partial charge in [-0.3, -0.25) is 9.48 Å². The van der Waals surface area contributed by atoms with Gasteiger partial charge in [-0.1, -0.05) is 12.1 Å². The van der Waals surface area contributed by atoms with Crippen LogP contribution in [0.1, 0.15) is 12.1 Å². The first kappa shape index (κ1) is 13.1. The first-order valence-electron chi connectivity index (χ1n) is 6.00. The summed E-state index contributed by atoms with van der Waals surface area (Å²) in [5, 5.41) is 12.9. The van der Waals surface area contributed by atoms with Gasteiger partial charge in [0, 0.05) is 11.3 Å². The van der Waals surface area contributed by atoms with Gasteiger partial charge in [0.2, 0.25) is 0 Å². The SMILES string of the molecule is COc1ccc(-c2cnn(CCC(=O)O)c2C)cc1. The standard InChI is InChI=1S/C14H16N2O3/c1-10-13(9-15-16(10)8-7-14(17)18)11-3-5-12(19-2)6-4-11/h3-6,9H,7-8H2,1-2H3,(H,17,18). The van der Waals surface area contributed by atoms with E-state index in [4.69, 9.17) is 9.84 Å². The molecular weight excluding hydrogens is 244 g/mol. The maximum Gasteiger partial charge on any atom is 0.305 e. The highest BCUT2D eigenvalue weighted by Crippen LogP contribution is 2.25. The van der Waals surface area contributed by atoms with E-state index >= 15 is 0 Å². The van der Waals surface area contributed by atoms with Crippen molar-refractivity contribution < 1.29 is 14.6 Å². The van der Waals surface area contributed by atoms with Crippen molar-refractivity contribution in [1.29, 1.82) is 0 Å². The summed E-state index contributed by atoms with van der Waals surface area (Å²) in [5.41, 5.74) is 3.01. The van der Waals surface area contributed by atoms with E-state index in [9.17, 15) is 4.79 Å². The third-order valence-electron chi connectivity index (χ3n) is 3.04. The maximum absolute atomic E-state index is 10.6. The molecule has 0 aliphatic rings. The van der Waals surface area contributed by atoms with Crippen molar-refractivity contribution in [3.63, 3.8) is 0 Å². The summed E-state index contributed by atoms with van der Waals surface area (Å²) in [6.45, 7) is 2.33. The number of aliphatic carboxylic acids is 1. The minimum atomic E-state index is -0.819. The molecule has 0 saturated heterocycles. The second-order valence-electron chi connectivity index (χ2n) is 4.24. The number of carbonyl (C=O) groups is 1. The smallest absolute Gasteiger partial charge is 0.305 e. The number of methoxy groups -OCH3 is 1. The zero-order valence-corrected chi connectivity index (χ0v) is 11.0. The molecule has 1 N–H and O–H groups in total. The average Bonchev–Trinajstić information content (AvgIpc) is 2.78. The van der Waals surface area contributed by atoms with Crippen LogP contribution in [-0.4, -0.2) is 28.0 Å². The summed E-state index contributed by atoms with van der Waals surface area (Å²) in [6, 6.07) is 7.71. The lowest BCUT2D eigenvalue weighted by Crippen LogP contribution is -2.07. The van der Waals surface area contributed by atoms with E-state index in [1.165, 1.54) is 0 Å². The molecule has 0 amide bonds. The summed E-state index contributed by atoms with van der Waals surface area (Å²) in [5.74, 6) is -0.0134. The molecule has 0 radical (unpaired) electrons. The number of aromatic nitrogens is 2. The van der Waals surface area contributed by atoms with Crippen LogP contribution in [0.25, 0.3) is 11.1 Å². The highest BCUT2D eigenvalue weighted by atomic mass is 16.5. The second-order valence-corrected chi connectivity index (χ2v) is 4.24. The molecule has 5 heteroatoms. The Bertz CT molecular complexity index is 573. The van der Waals surface area contributed by atoms with E-state index in [1.807, 2.05) is 31.2 Å². The molecule has 0 aliphatic carbocycles. The summed E-state index contributed by atoms with van der Waals surface area (Å²) < 4.78 is 6.84. The Morgan fingerprint density at radius 1 is 1.37 bits per heavy atom. The molecule has 2 aromatic rings. The van der Waals surface area contributed by atoms with Gasteiger partial charge < -0.3 is 9.84 Å². The van der Waals surface area contributed by atoms with Crippen LogP contribution in [0.5, 0.6) is 5.75 Å². The summed E-state index contributed by atoms with van der Waals surface area (Å²) >= 11 is 0. The number of carboxylic acids is 1. The fourth-order valence-electron chi connectivity index (χ4n) is 1.93. The predicted molar refractivity (Wildman–Crippen MR) is 71.2 cm³/mol. The Morgan fingerprint density at radius 3 is 2.63 bits per heavy atom. The molecule has 5 nitrogen and oxygen atoms in total. The van der Waals surface area contributed by atoms with Crippen LogP contribution in [0, 0.1) is 6.92 Å². The molecule has 2 rings (SSSR count). The summed E-state index contributed by atoms with van der Waals surface area (Å²) in [6.07, 6.45) is 1.84. The Labute approximate surface area is 111 Å². The van der Waals surface area contributed by atoms with Crippen LogP contribution in [-0.2, 0) is 11.3 Å². The lowest BCUT2D eigenvalue weighted by atomic mass is 10.1. The zero-order chi connectivity index (χ0) is 13.8. The fourth-order valence-corrected chi connectivity index (χ4v) is 1.93. The van der Waals surface area contributed by atoms with Gasteiger partial charge in [0.05, 0.1) is 26.3 Å². The minimum Gasteiger partial charge on any atom is -0.497 e. The monoisotopic (exact) mass is 260 g/mol. The lowest BCUT2D eigenvalue weighted by molar-refractivity contribution is -0.137. The maximum atomic E-state index is 10.6. The van der Waals surface area contributed by atoms with Gasteiger partial charge in [0.1, 0.15) is 5.75 Å².